The molecule has 7 nitrogen and oxygen atoms in total. The highest BCUT2D eigenvalue weighted by Crippen LogP contribution is 2.35. The summed E-state index contributed by atoms with van der Waals surface area (Å²) in [5, 5.41) is 4.07. The van der Waals surface area contributed by atoms with E-state index in [2.05, 4.69) is 20.1 Å². The Hall–Kier alpha value is -3.32. The summed E-state index contributed by atoms with van der Waals surface area (Å²) >= 11 is 6.01. The molecular weight excluding hydrogens is 402 g/mol. The number of halogens is 1. The first-order valence-corrected chi connectivity index (χ1v) is 10.0. The van der Waals surface area contributed by atoms with Gasteiger partial charge in [-0.2, -0.15) is 4.68 Å². The molecule has 1 aliphatic rings. The van der Waals surface area contributed by atoms with E-state index in [4.69, 9.17) is 11.6 Å². The summed E-state index contributed by atoms with van der Waals surface area (Å²) in [5.41, 5.74) is 3.90. The Morgan fingerprint density at radius 3 is 2.47 bits per heavy atom. The fourth-order valence-electron chi connectivity index (χ4n) is 4.16. The average molecular weight is 420 g/mol. The fourth-order valence-corrected chi connectivity index (χ4v) is 4.28. The maximum absolute atomic E-state index is 13.3. The van der Waals surface area contributed by atoms with Crippen LogP contribution in [-0.2, 0) is 6.42 Å². The minimum absolute atomic E-state index is 0.0135. The van der Waals surface area contributed by atoms with E-state index in [1.165, 1.54) is 4.68 Å². The number of fused-ring (bicyclic) bond motifs is 3. The van der Waals surface area contributed by atoms with Crippen LogP contribution in [0.4, 0.5) is 0 Å². The number of rotatable bonds is 2. The Morgan fingerprint density at radius 2 is 1.77 bits per heavy atom. The van der Waals surface area contributed by atoms with Crippen LogP contribution >= 0.6 is 11.6 Å². The van der Waals surface area contributed by atoms with Crippen LogP contribution in [0.2, 0.25) is 5.02 Å². The molecule has 0 spiro atoms. The van der Waals surface area contributed by atoms with Crippen molar-refractivity contribution in [3.8, 4) is 5.95 Å². The molecule has 30 heavy (non-hydrogen) atoms. The van der Waals surface area contributed by atoms with Crippen molar-refractivity contribution in [1.29, 1.82) is 0 Å². The molecule has 1 aromatic carbocycles. The number of benzene rings is 1. The average Bonchev–Trinajstić information content (AvgIpc) is 3.05. The highest BCUT2D eigenvalue weighted by atomic mass is 35.5. The number of aryl methyl sites for hydroxylation is 2. The third-order valence-corrected chi connectivity index (χ3v) is 5.77. The predicted molar refractivity (Wildman–Crippen MR) is 114 cm³/mol. The zero-order valence-electron chi connectivity index (χ0n) is 16.4. The van der Waals surface area contributed by atoms with Gasteiger partial charge in [0.1, 0.15) is 0 Å². The van der Waals surface area contributed by atoms with Crippen LogP contribution in [0, 0.1) is 13.8 Å². The third-order valence-electron chi connectivity index (χ3n) is 5.52. The third kappa shape index (κ3) is 3.02. The number of pyridine rings is 1. The zero-order valence-corrected chi connectivity index (χ0v) is 17.2. The number of aromatic amines is 1. The standard InChI is InChI=1S/C22H18ClN5O2/c1-11-7-12(2)26-22(25-11)28-21(30)19-16-8-14(13-3-5-15(23)6-4-13)9-18(29)17(16)10-24-20(19)27-28/h3-7,10,14H,8-9H2,1-2H3,(H,24,27)/t14-/m1/s1. The smallest absolute Gasteiger partial charge is 0.283 e. The fraction of sp³-hybridized carbons (Fsp3) is 0.227. The number of H-pyrrole nitrogens is 1. The van der Waals surface area contributed by atoms with Gasteiger partial charge in [0.05, 0.1) is 5.39 Å². The Morgan fingerprint density at radius 1 is 1.07 bits per heavy atom. The summed E-state index contributed by atoms with van der Waals surface area (Å²) in [6.45, 7) is 3.70. The van der Waals surface area contributed by atoms with E-state index in [0.29, 0.717) is 34.5 Å². The van der Waals surface area contributed by atoms with Crippen molar-refractivity contribution in [1.82, 2.24) is 24.7 Å². The van der Waals surface area contributed by atoms with E-state index in [1.54, 1.807) is 6.20 Å². The van der Waals surface area contributed by atoms with Crippen LogP contribution in [0.15, 0.2) is 41.3 Å². The van der Waals surface area contributed by atoms with Crippen molar-refractivity contribution in [2.45, 2.75) is 32.6 Å². The largest absolute Gasteiger partial charge is 0.294 e. The van der Waals surface area contributed by atoms with Gasteiger partial charge in [-0.1, -0.05) is 23.7 Å². The molecule has 0 radical (unpaired) electrons. The minimum Gasteiger partial charge on any atom is -0.294 e. The Kier molecular flexibility index (Phi) is 4.29. The van der Waals surface area contributed by atoms with E-state index in [-0.39, 0.29) is 23.2 Å². The van der Waals surface area contributed by atoms with E-state index in [0.717, 1.165) is 22.5 Å². The summed E-state index contributed by atoms with van der Waals surface area (Å²) in [5.74, 6) is 0.231. The molecule has 150 valence electrons. The lowest BCUT2D eigenvalue weighted by atomic mass is 9.79. The molecule has 0 unspecified atom stereocenters. The lowest BCUT2D eigenvalue weighted by Gasteiger charge is -2.24. The second-order valence-corrected chi connectivity index (χ2v) is 8.09. The summed E-state index contributed by atoms with van der Waals surface area (Å²) in [7, 11) is 0. The molecule has 0 saturated carbocycles. The highest BCUT2D eigenvalue weighted by Gasteiger charge is 2.30. The molecule has 0 amide bonds. The van der Waals surface area contributed by atoms with Gasteiger partial charge in [-0.25, -0.2) is 15.0 Å². The van der Waals surface area contributed by atoms with Gasteiger partial charge in [0, 0.05) is 34.6 Å². The molecule has 5 rings (SSSR count). The summed E-state index contributed by atoms with van der Waals surface area (Å²) < 4.78 is 1.30. The molecule has 0 bridgehead atoms. The van der Waals surface area contributed by atoms with E-state index in [9.17, 15) is 9.59 Å². The van der Waals surface area contributed by atoms with Crippen LogP contribution in [0.1, 0.15) is 45.2 Å². The first kappa shape index (κ1) is 18.7. The van der Waals surface area contributed by atoms with Crippen molar-refractivity contribution in [3.05, 3.63) is 80.0 Å². The first-order valence-electron chi connectivity index (χ1n) is 9.64. The lowest BCUT2D eigenvalue weighted by Crippen LogP contribution is -2.22. The molecule has 1 atom stereocenters. The number of Topliss-reactive ketones (excluding diaryl/α,β-unsaturated/α-hetero) is 1. The van der Waals surface area contributed by atoms with Gasteiger partial charge in [-0.05, 0) is 55.5 Å². The van der Waals surface area contributed by atoms with Crippen molar-refractivity contribution in [2.75, 3.05) is 0 Å². The number of ketones is 1. The molecular formula is C22H18ClN5O2. The molecule has 4 aromatic rings. The normalized spacial score (nSPS) is 16.1. The molecule has 0 aliphatic heterocycles. The summed E-state index contributed by atoms with van der Waals surface area (Å²) in [6.07, 6.45) is 2.50. The molecule has 8 heteroatoms. The maximum Gasteiger partial charge on any atom is 0.283 e. The quantitative estimate of drug-likeness (QED) is 0.534. The van der Waals surface area contributed by atoms with Crippen LogP contribution < -0.4 is 5.56 Å². The molecule has 3 heterocycles. The Bertz CT molecular complexity index is 1350. The predicted octanol–water partition coefficient (Wildman–Crippen LogP) is 3.69. The van der Waals surface area contributed by atoms with E-state index >= 15 is 0 Å². The van der Waals surface area contributed by atoms with Crippen molar-refractivity contribution < 1.29 is 4.79 Å². The number of nitrogens with one attached hydrogen (secondary N) is 1. The van der Waals surface area contributed by atoms with Crippen LogP contribution in [0.3, 0.4) is 0 Å². The van der Waals surface area contributed by atoms with Crippen molar-refractivity contribution in [3.63, 3.8) is 0 Å². The lowest BCUT2D eigenvalue weighted by molar-refractivity contribution is 0.0964. The number of hydrogen-bond acceptors (Lipinski definition) is 5. The number of hydrogen-bond donors (Lipinski definition) is 1. The van der Waals surface area contributed by atoms with Gasteiger partial charge in [-0.3, -0.25) is 14.7 Å². The molecule has 0 fully saturated rings. The van der Waals surface area contributed by atoms with Crippen LogP contribution in [-0.4, -0.2) is 30.5 Å². The SMILES string of the molecule is Cc1cc(C)nc(-n2[nH]c3ncc4c(c3c2=O)C[C@@H](c2ccc(Cl)cc2)CC4=O)n1. The Balaban J connectivity index is 1.67. The molecule has 3 aromatic heterocycles. The molecule has 0 saturated heterocycles. The van der Waals surface area contributed by atoms with Crippen molar-refractivity contribution in [2.24, 2.45) is 0 Å². The summed E-state index contributed by atoms with van der Waals surface area (Å²) in [4.78, 5) is 39.2. The van der Waals surface area contributed by atoms with Gasteiger partial charge in [0.2, 0.25) is 0 Å². The van der Waals surface area contributed by atoms with Gasteiger partial charge >= 0.3 is 0 Å². The highest BCUT2D eigenvalue weighted by molar-refractivity contribution is 6.30. The van der Waals surface area contributed by atoms with Gasteiger partial charge < -0.3 is 0 Å². The number of nitrogens with zero attached hydrogens (tertiary/aromatic N) is 4. The maximum atomic E-state index is 13.3. The Labute approximate surface area is 176 Å². The van der Waals surface area contributed by atoms with Crippen molar-refractivity contribution >= 4 is 28.4 Å². The van der Waals surface area contributed by atoms with Crippen LogP contribution in [0.25, 0.3) is 17.0 Å². The number of carbonyl (C=O) groups excluding carboxylic acids is 1. The van der Waals surface area contributed by atoms with Gasteiger partial charge in [-0.15, -0.1) is 0 Å². The molecule has 1 N–H and O–H groups in total. The topological polar surface area (TPSA) is 93.5 Å². The zero-order chi connectivity index (χ0) is 21.0. The number of carbonyl (C=O) groups is 1. The second-order valence-electron chi connectivity index (χ2n) is 7.66. The number of aromatic nitrogens is 5. The van der Waals surface area contributed by atoms with E-state index < -0.39 is 0 Å². The first-order chi connectivity index (χ1) is 14.4. The van der Waals surface area contributed by atoms with Gasteiger partial charge in [0.15, 0.2) is 11.4 Å². The monoisotopic (exact) mass is 419 g/mol. The second kappa shape index (κ2) is 6.88. The van der Waals surface area contributed by atoms with Gasteiger partial charge in [0.25, 0.3) is 11.5 Å². The van der Waals surface area contributed by atoms with E-state index in [1.807, 2.05) is 44.2 Å². The summed E-state index contributed by atoms with van der Waals surface area (Å²) in [6, 6.07) is 9.34. The molecule has 1 aliphatic carbocycles. The minimum atomic E-state index is -0.302. The van der Waals surface area contributed by atoms with Crippen LogP contribution in [0.5, 0.6) is 0 Å².